The predicted octanol–water partition coefficient (Wildman–Crippen LogP) is 4.87. The van der Waals surface area contributed by atoms with Crippen LogP contribution < -0.4 is 5.32 Å². The molecule has 2 rings (SSSR count). The number of halogens is 4. The van der Waals surface area contributed by atoms with Crippen molar-refractivity contribution in [1.29, 1.82) is 0 Å². The van der Waals surface area contributed by atoms with Crippen LogP contribution in [0.2, 0.25) is 5.02 Å². The van der Waals surface area contributed by atoms with E-state index in [2.05, 4.69) is 5.32 Å². The molecule has 100 valence electrons. The molecule has 2 unspecified atom stereocenters. The van der Waals surface area contributed by atoms with E-state index in [1.54, 1.807) is 24.3 Å². The average molecular weight is 278 g/mol. The Morgan fingerprint density at radius 1 is 1.06 bits per heavy atom. The summed E-state index contributed by atoms with van der Waals surface area (Å²) in [6.07, 6.45) is -1.84. The van der Waals surface area contributed by atoms with Crippen LogP contribution in [0.1, 0.15) is 25.7 Å². The SMILES string of the molecule is FC(F)(F)C1CCCCC1Nc1ccc(Cl)cc1. The highest BCUT2D eigenvalue weighted by Crippen LogP contribution is 2.39. The van der Waals surface area contributed by atoms with Gasteiger partial charge in [0.15, 0.2) is 0 Å². The van der Waals surface area contributed by atoms with Gasteiger partial charge in [0, 0.05) is 16.8 Å². The lowest BCUT2D eigenvalue weighted by molar-refractivity contribution is -0.184. The third kappa shape index (κ3) is 3.31. The summed E-state index contributed by atoms with van der Waals surface area (Å²) in [5, 5.41) is 3.57. The molecule has 1 aliphatic carbocycles. The lowest BCUT2D eigenvalue weighted by Crippen LogP contribution is -2.41. The molecule has 0 saturated heterocycles. The maximum absolute atomic E-state index is 12.9. The predicted molar refractivity (Wildman–Crippen MR) is 66.9 cm³/mol. The number of rotatable bonds is 2. The molecule has 1 N–H and O–H groups in total. The Hall–Kier alpha value is -0.900. The summed E-state index contributed by atoms with van der Waals surface area (Å²) in [6.45, 7) is 0. The summed E-state index contributed by atoms with van der Waals surface area (Å²) in [7, 11) is 0. The van der Waals surface area contributed by atoms with Crippen molar-refractivity contribution in [3.05, 3.63) is 29.3 Å². The molecule has 2 atom stereocenters. The standard InChI is InChI=1S/C13H15ClF3N/c14-9-5-7-10(8-6-9)18-12-4-2-1-3-11(12)13(15,16)17/h5-8,11-12,18H,1-4H2. The second-order valence-electron chi connectivity index (χ2n) is 4.69. The van der Waals surface area contributed by atoms with E-state index < -0.39 is 18.1 Å². The largest absolute Gasteiger partial charge is 0.393 e. The maximum Gasteiger partial charge on any atom is 0.393 e. The number of alkyl halides is 3. The van der Waals surface area contributed by atoms with Gasteiger partial charge in [-0.3, -0.25) is 0 Å². The molecular weight excluding hydrogens is 263 g/mol. The molecule has 0 radical (unpaired) electrons. The van der Waals surface area contributed by atoms with Crippen LogP contribution in [0.25, 0.3) is 0 Å². The fraction of sp³-hybridized carbons (Fsp3) is 0.538. The van der Waals surface area contributed by atoms with Gasteiger partial charge in [-0.25, -0.2) is 0 Å². The van der Waals surface area contributed by atoms with Gasteiger partial charge in [-0.2, -0.15) is 13.2 Å². The summed E-state index contributed by atoms with van der Waals surface area (Å²) >= 11 is 5.75. The minimum atomic E-state index is -4.12. The van der Waals surface area contributed by atoms with E-state index in [0.29, 0.717) is 23.6 Å². The topological polar surface area (TPSA) is 12.0 Å². The first kappa shape index (κ1) is 13.5. The zero-order valence-electron chi connectivity index (χ0n) is 9.80. The van der Waals surface area contributed by atoms with Crippen molar-refractivity contribution in [1.82, 2.24) is 0 Å². The van der Waals surface area contributed by atoms with Crippen molar-refractivity contribution in [3.63, 3.8) is 0 Å². The Balaban J connectivity index is 2.08. The second-order valence-corrected chi connectivity index (χ2v) is 5.13. The van der Waals surface area contributed by atoms with Gasteiger partial charge in [0.1, 0.15) is 0 Å². The summed E-state index contributed by atoms with van der Waals surface area (Å²) in [6, 6.07) is 6.25. The van der Waals surface area contributed by atoms with Gasteiger partial charge < -0.3 is 5.32 Å². The minimum Gasteiger partial charge on any atom is -0.382 e. The number of anilines is 1. The lowest BCUT2D eigenvalue weighted by Gasteiger charge is -2.34. The van der Waals surface area contributed by atoms with Gasteiger partial charge in [0.2, 0.25) is 0 Å². The van der Waals surface area contributed by atoms with Crippen molar-refractivity contribution in [2.45, 2.75) is 37.9 Å². The quantitative estimate of drug-likeness (QED) is 0.813. The molecule has 1 aromatic carbocycles. The van der Waals surface area contributed by atoms with E-state index in [0.717, 1.165) is 6.42 Å². The van der Waals surface area contributed by atoms with E-state index >= 15 is 0 Å². The lowest BCUT2D eigenvalue weighted by atomic mass is 9.84. The average Bonchev–Trinajstić information content (AvgIpc) is 2.31. The Morgan fingerprint density at radius 2 is 1.67 bits per heavy atom. The fourth-order valence-electron chi connectivity index (χ4n) is 2.46. The van der Waals surface area contributed by atoms with Gasteiger partial charge in [-0.1, -0.05) is 24.4 Å². The molecule has 0 aromatic heterocycles. The van der Waals surface area contributed by atoms with E-state index in [9.17, 15) is 13.2 Å². The van der Waals surface area contributed by atoms with Gasteiger partial charge >= 0.3 is 6.18 Å². The monoisotopic (exact) mass is 277 g/mol. The van der Waals surface area contributed by atoms with E-state index in [1.165, 1.54) is 0 Å². The summed E-state index contributed by atoms with van der Waals surface area (Å²) in [5.41, 5.74) is 0.695. The second kappa shape index (κ2) is 5.39. The zero-order valence-corrected chi connectivity index (χ0v) is 10.6. The first-order chi connectivity index (χ1) is 8.47. The van der Waals surface area contributed by atoms with Crippen molar-refractivity contribution in [2.24, 2.45) is 5.92 Å². The Kier molecular flexibility index (Phi) is 4.05. The summed E-state index contributed by atoms with van der Waals surface area (Å²) in [4.78, 5) is 0. The Morgan fingerprint density at radius 3 is 2.28 bits per heavy atom. The van der Waals surface area contributed by atoms with Crippen LogP contribution in [0, 0.1) is 5.92 Å². The molecule has 1 aromatic rings. The van der Waals surface area contributed by atoms with Crippen LogP contribution in [-0.4, -0.2) is 12.2 Å². The molecule has 0 spiro atoms. The van der Waals surface area contributed by atoms with Gasteiger partial charge in [0.05, 0.1) is 5.92 Å². The van der Waals surface area contributed by atoms with Gasteiger partial charge in [0.25, 0.3) is 0 Å². The van der Waals surface area contributed by atoms with Crippen LogP contribution in [0.3, 0.4) is 0 Å². The molecule has 5 heteroatoms. The highest BCUT2D eigenvalue weighted by molar-refractivity contribution is 6.30. The van der Waals surface area contributed by atoms with Crippen LogP contribution in [-0.2, 0) is 0 Å². The molecule has 1 fully saturated rings. The molecule has 1 saturated carbocycles. The van der Waals surface area contributed by atoms with Crippen molar-refractivity contribution >= 4 is 17.3 Å². The molecule has 0 amide bonds. The van der Waals surface area contributed by atoms with Crippen molar-refractivity contribution < 1.29 is 13.2 Å². The van der Waals surface area contributed by atoms with Gasteiger partial charge in [-0.15, -0.1) is 0 Å². The zero-order chi connectivity index (χ0) is 13.2. The molecule has 0 heterocycles. The van der Waals surface area contributed by atoms with Gasteiger partial charge in [-0.05, 0) is 37.1 Å². The van der Waals surface area contributed by atoms with E-state index in [4.69, 9.17) is 11.6 Å². The summed E-state index contributed by atoms with van der Waals surface area (Å²) in [5.74, 6) is -1.25. The smallest absolute Gasteiger partial charge is 0.382 e. The van der Waals surface area contributed by atoms with E-state index in [-0.39, 0.29) is 6.42 Å². The number of hydrogen-bond donors (Lipinski definition) is 1. The van der Waals surface area contributed by atoms with Crippen LogP contribution in [0.5, 0.6) is 0 Å². The highest BCUT2D eigenvalue weighted by atomic mass is 35.5. The molecule has 1 nitrogen and oxygen atoms in total. The van der Waals surface area contributed by atoms with Crippen LogP contribution in [0.15, 0.2) is 24.3 Å². The first-order valence-electron chi connectivity index (χ1n) is 6.05. The maximum atomic E-state index is 12.9. The number of nitrogens with one attached hydrogen (secondary N) is 1. The first-order valence-corrected chi connectivity index (χ1v) is 6.43. The van der Waals surface area contributed by atoms with E-state index in [1.807, 2.05) is 0 Å². The van der Waals surface area contributed by atoms with Crippen molar-refractivity contribution in [2.75, 3.05) is 5.32 Å². The summed E-state index contributed by atoms with van der Waals surface area (Å²) < 4.78 is 38.7. The molecular formula is C13H15ClF3N. The molecule has 0 bridgehead atoms. The minimum absolute atomic E-state index is 0.217. The van der Waals surface area contributed by atoms with Crippen molar-refractivity contribution in [3.8, 4) is 0 Å². The Labute approximate surface area is 109 Å². The third-order valence-electron chi connectivity index (χ3n) is 3.38. The highest BCUT2D eigenvalue weighted by Gasteiger charge is 2.45. The normalized spacial score (nSPS) is 24.9. The molecule has 0 aliphatic heterocycles. The third-order valence-corrected chi connectivity index (χ3v) is 3.63. The van der Waals surface area contributed by atoms with Crippen LogP contribution in [0.4, 0.5) is 18.9 Å². The van der Waals surface area contributed by atoms with Crippen LogP contribution >= 0.6 is 11.6 Å². The number of benzene rings is 1. The molecule has 1 aliphatic rings. The number of hydrogen-bond acceptors (Lipinski definition) is 1. The fourth-order valence-corrected chi connectivity index (χ4v) is 2.58. The Bertz CT molecular complexity index is 388. The molecule has 18 heavy (non-hydrogen) atoms.